The van der Waals surface area contributed by atoms with Gasteiger partial charge in [0.1, 0.15) is 0 Å². The van der Waals surface area contributed by atoms with Gasteiger partial charge in [-0.2, -0.15) is 0 Å². The maximum Gasteiger partial charge on any atom is 0.0900 e. The van der Waals surface area contributed by atoms with E-state index in [1.54, 1.807) is 0 Å². The third kappa shape index (κ3) is 0.611. The zero-order valence-electron chi connectivity index (χ0n) is 6.79. The van der Waals surface area contributed by atoms with Gasteiger partial charge in [0.15, 0.2) is 0 Å². The Morgan fingerprint density at radius 2 is 2.36 bits per heavy atom. The summed E-state index contributed by atoms with van der Waals surface area (Å²) in [6, 6.07) is 0. The van der Waals surface area contributed by atoms with Gasteiger partial charge in [-0.05, 0) is 25.2 Å². The van der Waals surface area contributed by atoms with E-state index in [0.717, 1.165) is 12.8 Å². The normalized spacial score (nSPS) is 64.9. The quantitative estimate of drug-likeness (QED) is 0.570. The summed E-state index contributed by atoms with van der Waals surface area (Å²) < 4.78 is 5.48. The zero-order valence-corrected chi connectivity index (χ0v) is 6.79. The minimum atomic E-state index is -0.359. The van der Waals surface area contributed by atoms with E-state index in [-0.39, 0.29) is 5.60 Å². The molecule has 1 heterocycles. The standard InChI is InChI=1S/C9H14O2/c1-2-9(10)4-5-3-6(9)8-7(5)11-8/h5-8,10H,2-4H2,1H3/t5-,6-,7-,8+,9+/m0/s1. The molecule has 1 saturated heterocycles. The highest BCUT2D eigenvalue weighted by molar-refractivity contribution is 5.16. The molecule has 3 aliphatic rings. The number of fused-ring (bicyclic) bond motifs is 5. The largest absolute Gasteiger partial charge is 0.389 e. The lowest BCUT2D eigenvalue weighted by molar-refractivity contribution is -0.0142. The first-order valence-corrected chi connectivity index (χ1v) is 4.62. The van der Waals surface area contributed by atoms with Crippen LogP contribution in [0.1, 0.15) is 26.2 Å². The van der Waals surface area contributed by atoms with Gasteiger partial charge in [0.25, 0.3) is 0 Å². The molecule has 0 aromatic rings. The van der Waals surface area contributed by atoms with Gasteiger partial charge in [0, 0.05) is 5.92 Å². The Morgan fingerprint density at radius 3 is 2.91 bits per heavy atom. The summed E-state index contributed by atoms with van der Waals surface area (Å²) in [6.07, 6.45) is 4.11. The van der Waals surface area contributed by atoms with Crippen LogP contribution in [0.4, 0.5) is 0 Å². The summed E-state index contributed by atoms with van der Waals surface area (Å²) in [5, 5.41) is 10.1. The highest BCUT2D eigenvalue weighted by atomic mass is 16.6. The highest BCUT2D eigenvalue weighted by Gasteiger charge is 2.67. The number of hydrogen-bond acceptors (Lipinski definition) is 2. The summed E-state index contributed by atoms with van der Waals surface area (Å²) in [7, 11) is 0. The highest BCUT2D eigenvalue weighted by Crippen LogP contribution is 2.61. The average molecular weight is 154 g/mol. The molecule has 3 fully saturated rings. The molecule has 0 unspecified atom stereocenters. The molecular formula is C9H14O2. The average Bonchev–Trinajstić information content (AvgIpc) is 2.65. The van der Waals surface area contributed by atoms with Crippen molar-refractivity contribution in [2.24, 2.45) is 11.8 Å². The minimum absolute atomic E-state index is 0.359. The van der Waals surface area contributed by atoms with Gasteiger partial charge in [-0.1, -0.05) is 6.92 Å². The van der Waals surface area contributed by atoms with Crippen molar-refractivity contribution in [3.63, 3.8) is 0 Å². The summed E-state index contributed by atoms with van der Waals surface area (Å²) in [5.74, 6) is 1.16. The van der Waals surface area contributed by atoms with Crippen LogP contribution in [0.25, 0.3) is 0 Å². The van der Waals surface area contributed by atoms with Gasteiger partial charge < -0.3 is 9.84 Å². The molecule has 1 N–H and O–H groups in total. The monoisotopic (exact) mass is 154 g/mol. The third-order valence-electron chi connectivity index (χ3n) is 3.90. The van der Waals surface area contributed by atoms with Crippen molar-refractivity contribution < 1.29 is 9.84 Å². The molecule has 0 amide bonds. The van der Waals surface area contributed by atoms with Crippen LogP contribution in [0.3, 0.4) is 0 Å². The molecule has 1 aliphatic heterocycles. The van der Waals surface area contributed by atoms with Crippen molar-refractivity contribution in [3.05, 3.63) is 0 Å². The van der Waals surface area contributed by atoms with Crippen LogP contribution in [0.15, 0.2) is 0 Å². The van der Waals surface area contributed by atoms with Crippen molar-refractivity contribution in [1.29, 1.82) is 0 Å². The SMILES string of the molecule is CC[C@@]1(O)C[C@@H]2C[C@H]1[C@H]1O[C@@H]21. The zero-order chi connectivity index (χ0) is 7.64. The first kappa shape index (κ1) is 6.44. The Balaban J connectivity index is 1.92. The van der Waals surface area contributed by atoms with E-state index in [1.165, 1.54) is 6.42 Å². The predicted molar refractivity (Wildman–Crippen MR) is 40.1 cm³/mol. The summed E-state index contributed by atoms with van der Waals surface area (Å²) in [5.41, 5.74) is -0.359. The summed E-state index contributed by atoms with van der Waals surface area (Å²) in [6.45, 7) is 2.08. The molecule has 0 radical (unpaired) electrons. The van der Waals surface area contributed by atoms with Crippen LogP contribution in [-0.2, 0) is 4.74 Å². The Labute approximate surface area is 66.5 Å². The van der Waals surface area contributed by atoms with Crippen LogP contribution in [0.2, 0.25) is 0 Å². The Bertz CT molecular complexity index is 204. The number of aliphatic hydroxyl groups is 1. The number of hydrogen-bond donors (Lipinski definition) is 1. The maximum atomic E-state index is 10.1. The molecule has 2 saturated carbocycles. The van der Waals surface area contributed by atoms with E-state index in [9.17, 15) is 5.11 Å². The van der Waals surface area contributed by atoms with Gasteiger partial charge in [0.2, 0.25) is 0 Å². The third-order valence-corrected chi connectivity index (χ3v) is 3.90. The van der Waals surface area contributed by atoms with E-state index in [2.05, 4.69) is 6.92 Å². The predicted octanol–water partition coefficient (Wildman–Crippen LogP) is 0.935. The van der Waals surface area contributed by atoms with E-state index in [4.69, 9.17) is 4.74 Å². The minimum Gasteiger partial charge on any atom is -0.389 e. The molecule has 2 aliphatic carbocycles. The lowest BCUT2D eigenvalue weighted by Gasteiger charge is -2.29. The van der Waals surface area contributed by atoms with E-state index in [1.807, 2.05) is 0 Å². The maximum absolute atomic E-state index is 10.1. The fourth-order valence-corrected chi connectivity index (χ4v) is 3.17. The molecule has 0 spiro atoms. The Morgan fingerprint density at radius 1 is 1.55 bits per heavy atom. The van der Waals surface area contributed by atoms with Gasteiger partial charge in [-0.15, -0.1) is 0 Å². The van der Waals surface area contributed by atoms with Crippen molar-refractivity contribution in [2.45, 2.75) is 44.0 Å². The molecule has 0 aromatic carbocycles. The molecule has 2 bridgehead atoms. The van der Waals surface area contributed by atoms with Gasteiger partial charge >= 0.3 is 0 Å². The number of ether oxygens (including phenoxy) is 1. The van der Waals surface area contributed by atoms with Crippen molar-refractivity contribution in [1.82, 2.24) is 0 Å². The molecule has 5 atom stereocenters. The second-order valence-electron chi connectivity index (χ2n) is 4.33. The Kier molecular flexibility index (Phi) is 0.961. The molecule has 2 nitrogen and oxygen atoms in total. The smallest absolute Gasteiger partial charge is 0.0900 e. The second-order valence-corrected chi connectivity index (χ2v) is 4.33. The molecule has 0 aromatic heterocycles. The van der Waals surface area contributed by atoms with E-state index < -0.39 is 0 Å². The van der Waals surface area contributed by atoms with Crippen LogP contribution < -0.4 is 0 Å². The molecule has 11 heavy (non-hydrogen) atoms. The van der Waals surface area contributed by atoms with Gasteiger partial charge in [0.05, 0.1) is 17.8 Å². The molecular weight excluding hydrogens is 140 g/mol. The number of epoxide rings is 1. The van der Waals surface area contributed by atoms with Crippen LogP contribution in [0, 0.1) is 11.8 Å². The lowest BCUT2D eigenvalue weighted by Crippen LogP contribution is -2.37. The number of rotatable bonds is 1. The van der Waals surface area contributed by atoms with E-state index in [0.29, 0.717) is 24.0 Å². The van der Waals surface area contributed by atoms with Gasteiger partial charge in [-0.25, -0.2) is 0 Å². The first-order valence-electron chi connectivity index (χ1n) is 4.62. The summed E-state index contributed by atoms with van der Waals surface area (Å²) in [4.78, 5) is 0. The summed E-state index contributed by atoms with van der Waals surface area (Å²) >= 11 is 0. The molecule has 3 rings (SSSR count). The lowest BCUT2D eigenvalue weighted by atomic mass is 9.82. The van der Waals surface area contributed by atoms with Gasteiger partial charge in [-0.3, -0.25) is 0 Å². The van der Waals surface area contributed by atoms with Crippen molar-refractivity contribution >= 4 is 0 Å². The van der Waals surface area contributed by atoms with Crippen LogP contribution in [0.5, 0.6) is 0 Å². The van der Waals surface area contributed by atoms with E-state index >= 15 is 0 Å². The van der Waals surface area contributed by atoms with Crippen LogP contribution in [-0.4, -0.2) is 22.9 Å². The fourth-order valence-electron chi connectivity index (χ4n) is 3.17. The van der Waals surface area contributed by atoms with Crippen molar-refractivity contribution in [3.8, 4) is 0 Å². The van der Waals surface area contributed by atoms with Crippen molar-refractivity contribution in [2.75, 3.05) is 0 Å². The Hall–Kier alpha value is -0.0800. The molecule has 62 valence electrons. The fraction of sp³-hybridized carbons (Fsp3) is 1.00. The first-order chi connectivity index (χ1) is 5.24. The van der Waals surface area contributed by atoms with Crippen LogP contribution >= 0.6 is 0 Å². The molecule has 2 heteroatoms. The topological polar surface area (TPSA) is 32.8 Å². The second kappa shape index (κ2) is 1.64.